The van der Waals surface area contributed by atoms with Crippen LogP contribution in [0.2, 0.25) is 0 Å². The Morgan fingerprint density at radius 1 is 1.56 bits per heavy atom. The lowest BCUT2D eigenvalue weighted by atomic mass is 10.2. The maximum absolute atomic E-state index is 5.84. The Hall–Kier alpha value is -0.810. The van der Waals surface area contributed by atoms with Crippen molar-refractivity contribution in [3.8, 4) is 0 Å². The predicted octanol–water partition coefficient (Wildman–Crippen LogP) is 0.552. The van der Waals surface area contributed by atoms with E-state index >= 15 is 0 Å². The van der Waals surface area contributed by atoms with Gasteiger partial charge in [-0.1, -0.05) is 6.92 Å². The molecule has 0 bridgehead atoms. The van der Waals surface area contributed by atoms with Gasteiger partial charge in [-0.3, -0.25) is 9.89 Å². The van der Waals surface area contributed by atoms with Crippen LogP contribution in [0.25, 0.3) is 0 Å². The summed E-state index contributed by atoms with van der Waals surface area (Å²) in [7, 11) is 0. The van der Waals surface area contributed by atoms with Gasteiger partial charge < -0.3 is 15.8 Å². The fraction of sp³-hybridized carbons (Fsp3) is 0.923. The third kappa shape index (κ3) is 4.14. The number of hydrogen-bond donors (Lipinski definition) is 2. The number of ether oxygens (including phenoxy) is 1. The lowest BCUT2D eigenvalue weighted by Crippen LogP contribution is -2.45. The molecule has 1 saturated heterocycles. The predicted molar refractivity (Wildman–Crippen MR) is 73.7 cm³/mol. The lowest BCUT2D eigenvalue weighted by molar-refractivity contribution is -0.0259. The topological polar surface area (TPSA) is 62.9 Å². The van der Waals surface area contributed by atoms with Crippen molar-refractivity contribution in [2.24, 2.45) is 10.7 Å². The van der Waals surface area contributed by atoms with E-state index < -0.39 is 0 Å². The van der Waals surface area contributed by atoms with Crippen molar-refractivity contribution in [3.63, 3.8) is 0 Å². The van der Waals surface area contributed by atoms with Crippen LogP contribution in [0.3, 0.4) is 0 Å². The summed E-state index contributed by atoms with van der Waals surface area (Å²) in [6.45, 7) is 7.81. The molecule has 18 heavy (non-hydrogen) atoms. The average molecular weight is 254 g/mol. The monoisotopic (exact) mass is 254 g/mol. The smallest absolute Gasteiger partial charge is 0.188 e. The normalized spacial score (nSPS) is 28.1. The number of hydrogen-bond acceptors (Lipinski definition) is 3. The molecular formula is C13H26N4O. The third-order valence-electron chi connectivity index (χ3n) is 3.71. The highest BCUT2D eigenvalue weighted by Crippen LogP contribution is 2.28. The van der Waals surface area contributed by atoms with Crippen LogP contribution in [-0.4, -0.2) is 55.3 Å². The number of nitrogens with zero attached hydrogens (tertiary/aromatic N) is 2. The zero-order valence-electron chi connectivity index (χ0n) is 11.6. The average Bonchev–Trinajstić information content (AvgIpc) is 3.21. The van der Waals surface area contributed by atoms with E-state index in [4.69, 9.17) is 10.5 Å². The van der Waals surface area contributed by atoms with Gasteiger partial charge in [0.25, 0.3) is 0 Å². The number of aliphatic imine (C=N–C) groups is 1. The molecule has 0 aromatic heterocycles. The molecule has 2 unspecified atom stereocenters. The van der Waals surface area contributed by atoms with Gasteiger partial charge in [-0.05, 0) is 26.2 Å². The van der Waals surface area contributed by atoms with Crippen molar-refractivity contribution < 1.29 is 4.74 Å². The summed E-state index contributed by atoms with van der Waals surface area (Å²) < 4.78 is 5.74. The molecule has 1 saturated carbocycles. The molecule has 0 aromatic carbocycles. The van der Waals surface area contributed by atoms with Gasteiger partial charge >= 0.3 is 0 Å². The Labute approximate surface area is 110 Å². The highest BCUT2D eigenvalue weighted by Gasteiger charge is 2.32. The fourth-order valence-corrected chi connectivity index (χ4v) is 2.22. The highest BCUT2D eigenvalue weighted by molar-refractivity contribution is 5.78. The van der Waals surface area contributed by atoms with Gasteiger partial charge in [-0.15, -0.1) is 0 Å². The molecule has 0 aromatic rings. The van der Waals surface area contributed by atoms with Crippen molar-refractivity contribution in [2.45, 2.75) is 51.3 Å². The molecule has 1 aliphatic heterocycles. The maximum atomic E-state index is 5.84. The summed E-state index contributed by atoms with van der Waals surface area (Å²) >= 11 is 0. The minimum Gasteiger partial charge on any atom is -0.374 e. The highest BCUT2D eigenvalue weighted by atomic mass is 16.5. The van der Waals surface area contributed by atoms with Crippen LogP contribution in [0.15, 0.2) is 4.99 Å². The molecule has 2 rings (SSSR count). The van der Waals surface area contributed by atoms with Gasteiger partial charge in [0.05, 0.1) is 19.3 Å². The Kier molecular flexibility index (Phi) is 4.83. The van der Waals surface area contributed by atoms with Crippen LogP contribution in [-0.2, 0) is 4.74 Å². The minimum absolute atomic E-state index is 0.205. The van der Waals surface area contributed by atoms with Crippen molar-refractivity contribution >= 4 is 5.96 Å². The van der Waals surface area contributed by atoms with Gasteiger partial charge in [0.1, 0.15) is 0 Å². The Morgan fingerprint density at radius 2 is 2.33 bits per heavy atom. The maximum Gasteiger partial charge on any atom is 0.188 e. The second-order valence-corrected chi connectivity index (χ2v) is 5.40. The van der Waals surface area contributed by atoms with E-state index in [0.717, 1.165) is 32.2 Å². The standard InChI is InChI=1S/C13H26N4O/c1-3-10(2)16-13(14)15-8-12-9-17(6-7-18-12)11-4-5-11/h10-12H,3-9H2,1-2H3,(H3,14,15,16). The molecule has 1 aliphatic carbocycles. The largest absolute Gasteiger partial charge is 0.374 e. The number of nitrogens with one attached hydrogen (secondary N) is 1. The number of rotatable bonds is 5. The van der Waals surface area contributed by atoms with E-state index in [0.29, 0.717) is 18.5 Å². The van der Waals surface area contributed by atoms with Crippen LogP contribution < -0.4 is 11.1 Å². The fourth-order valence-electron chi connectivity index (χ4n) is 2.22. The zero-order valence-corrected chi connectivity index (χ0v) is 11.6. The number of guanidine groups is 1. The molecule has 1 heterocycles. The quantitative estimate of drug-likeness (QED) is 0.555. The zero-order chi connectivity index (χ0) is 13.0. The first-order valence-corrected chi connectivity index (χ1v) is 7.11. The summed E-state index contributed by atoms with van der Waals surface area (Å²) in [6, 6.07) is 1.19. The second-order valence-electron chi connectivity index (χ2n) is 5.40. The van der Waals surface area contributed by atoms with Crippen LogP contribution in [0.4, 0.5) is 0 Å². The molecule has 2 atom stereocenters. The summed E-state index contributed by atoms with van der Waals surface area (Å²) in [4.78, 5) is 6.91. The van der Waals surface area contributed by atoms with E-state index in [9.17, 15) is 0 Å². The van der Waals surface area contributed by atoms with Crippen LogP contribution in [0, 0.1) is 0 Å². The van der Waals surface area contributed by atoms with Gasteiger partial charge in [0.15, 0.2) is 5.96 Å². The molecule has 0 amide bonds. The van der Waals surface area contributed by atoms with E-state index in [1.54, 1.807) is 0 Å². The SMILES string of the molecule is CCC(C)NC(N)=NCC1CN(C2CC2)CCO1. The first kappa shape index (κ1) is 13.6. The summed E-state index contributed by atoms with van der Waals surface area (Å²) in [5.41, 5.74) is 5.84. The van der Waals surface area contributed by atoms with Crippen LogP contribution in [0.1, 0.15) is 33.1 Å². The number of morpholine rings is 1. The van der Waals surface area contributed by atoms with E-state index in [2.05, 4.69) is 29.1 Å². The Morgan fingerprint density at radius 3 is 3.00 bits per heavy atom. The van der Waals surface area contributed by atoms with Gasteiger partial charge in [0.2, 0.25) is 0 Å². The van der Waals surface area contributed by atoms with Crippen molar-refractivity contribution in [1.82, 2.24) is 10.2 Å². The van der Waals surface area contributed by atoms with Crippen LogP contribution in [0.5, 0.6) is 0 Å². The molecular weight excluding hydrogens is 228 g/mol. The van der Waals surface area contributed by atoms with Crippen molar-refractivity contribution in [2.75, 3.05) is 26.2 Å². The lowest BCUT2D eigenvalue weighted by Gasteiger charge is -2.32. The third-order valence-corrected chi connectivity index (χ3v) is 3.71. The van der Waals surface area contributed by atoms with Crippen molar-refractivity contribution in [3.05, 3.63) is 0 Å². The minimum atomic E-state index is 0.205. The van der Waals surface area contributed by atoms with Crippen LogP contribution >= 0.6 is 0 Å². The molecule has 3 N–H and O–H groups in total. The molecule has 2 aliphatic rings. The number of nitrogens with two attached hydrogens (primary N) is 1. The molecule has 2 fully saturated rings. The van der Waals surface area contributed by atoms with Gasteiger partial charge in [-0.2, -0.15) is 0 Å². The summed E-state index contributed by atoms with van der Waals surface area (Å²) in [5.74, 6) is 0.538. The molecule has 0 spiro atoms. The molecule has 0 radical (unpaired) electrons. The van der Waals surface area contributed by atoms with E-state index in [1.807, 2.05) is 0 Å². The van der Waals surface area contributed by atoms with E-state index in [-0.39, 0.29) is 6.10 Å². The van der Waals surface area contributed by atoms with Gasteiger partial charge in [0, 0.05) is 25.2 Å². The first-order chi connectivity index (χ1) is 8.69. The molecule has 104 valence electrons. The molecule has 5 heteroatoms. The second kappa shape index (κ2) is 6.38. The first-order valence-electron chi connectivity index (χ1n) is 7.11. The Bertz CT molecular complexity index is 291. The molecule has 5 nitrogen and oxygen atoms in total. The Balaban J connectivity index is 1.72. The van der Waals surface area contributed by atoms with Gasteiger partial charge in [-0.25, -0.2) is 0 Å². The summed E-state index contributed by atoms with van der Waals surface area (Å²) in [5, 5.41) is 3.17. The van der Waals surface area contributed by atoms with E-state index in [1.165, 1.54) is 12.8 Å². The van der Waals surface area contributed by atoms with Crippen molar-refractivity contribution in [1.29, 1.82) is 0 Å². The summed E-state index contributed by atoms with van der Waals surface area (Å²) in [6.07, 6.45) is 3.96.